The van der Waals surface area contributed by atoms with E-state index in [2.05, 4.69) is 45.6 Å². The molecular formula is C18H26N4O. The Bertz CT molecular complexity index is 593. The van der Waals surface area contributed by atoms with E-state index in [0.717, 1.165) is 44.3 Å². The second-order valence-corrected chi connectivity index (χ2v) is 5.17. The number of benzene rings is 1. The van der Waals surface area contributed by atoms with Crippen molar-refractivity contribution >= 4 is 5.96 Å². The van der Waals surface area contributed by atoms with Gasteiger partial charge in [-0.3, -0.25) is 4.99 Å². The van der Waals surface area contributed by atoms with Crippen molar-refractivity contribution in [2.45, 2.75) is 19.9 Å². The third kappa shape index (κ3) is 5.70. The highest BCUT2D eigenvalue weighted by Gasteiger charge is 2.01. The highest BCUT2D eigenvalue weighted by atomic mass is 16.5. The Hall–Kier alpha value is -2.43. The van der Waals surface area contributed by atoms with Gasteiger partial charge in [-0.05, 0) is 37.1 Å². The van der Waals surface area contributed by atoms with Crippen LogP contribution in [0.1, 0.15) is 12.5 Å². The fourth-order valence-corrected chi connectivity index (χ4v) is 2.36. The molecule has 0 unspecified atom stereocenters. The van der Waals surface area contributed by atoms with E-state index in [0.29, 0.717) is 0 Å². The zero-order valence-electron chi connectivity index (χ0n) is 14.0. The number of guanidine groups is 1. The highest BCUT2D eigenvalue weighted by Crippen LogP contribution is 2.17. The van der Waals surface area contributed by atoms with E-state index in [1.54, 1.807) is 7.11 Å². The lowest BCUT2D eigenvalue weighted by molar-refractivity contribution is 0.410. The Balaban J connectivity index is 1.83. The minimum Gasteiger partial charge on any atom is -0.496 e. The molecule has 124 valence electrons. The minimum absolute atomic E-state index is 0.721. The lowest BCUT2D eigenvalue weighted by atomic mass is 10.1. The summed E-state index contributed by atoms with van der Waals surface area (Å²) in [6, 6.07) is 12.2. The van der Waals surface area contributed by atoms with Gasteiger partial charge in [-0.25, -0.2) is 0 Å². The SMILES string of the molecule is CCNC(=NCCc1ccccc1OC)NCCn1cccc1. The number of hydrogen-bond acceptors (Lipinski definition) is 2. The average Bonchev–Trinajstić information content (AvgIpc) is 3.08. The van der Waals surface area contributed by atoms with E-state index >= 15 is 0 Å². The van der Waals surface area contributed by atoms with Crippen LogP contribution in [0.2, 0.25) is 0 Å². The van der Waals surface area contributed by atoms with Gasteiger partial charge in [0.15, 0.2) is 5.96 Å². The summed E-state index contributed by atoms with van der Waals surface area (Å²) in [5.41, 5.74) is 1.18. The zero-order valence-corrected chi connectivity index (χ0v) is 14.0. The molecule has 0 radical (unpaired) electrons. The lowest BCUT2D eigenvalue weighted by Gasteiger charge is -2.12. The molecule has 2 aromatic rings. The van der Waals surface area contributed by atoms with Crippen molar-refractivity contribution in [1.29, 1.82) is 0 Å². The lowest BCUT2D eigenvalue weighted by Crippen LogP contribution is -2.39. The van der Waals surface area contributed by atoms with Crippen LogP contribution in [0.4, 0.5) is 0 Å². The second-order valence-electron chi connectivity index (χ2n) is 5.17. The predicted molar refractivity (Wildman–Crippen MR) is 95.1 cm³/mol. The number of nitrogens with one attached hydrogen (secondary N) is 2. The standard InChI is InChI=1S/C18H26N4O/c1-3-19-18(21-12-15-22-13-6-7-14-22)20-11-10-16-8-4-5-9-17(16)23-2/h4-9,13-14H,3,10-12,15H2,1-2H3,(H2,19,20,21). The van der Waals surface area contributed by atoms with E-state index in [1.807, 2.05) is 30.3 Å². The van der Waals surface area contributed by atoms with Crippen LogP contribution < -0.4 is 15.4 Å². The van der Waals surface area contributed by atoms with Gasteiger partial charge in [0.25, 0.3) is 0 Å². The molecule has 5 nitrogen and oxygen atoms in total. The largest absolute Gasteiger partial charge is 0.496 e. The van der Waals surface area contributed by atoms with Gasteiger partial charge in [0, 0.05) is 38.6 Å². The number of hydrogen-bond donors (Lipinski definition) is 2. The van der Waals surface area contributed by atoms with Crippen molar-refractivity contribution in [3.8, 4) is 5.75 Å². The van der Waals surface area contributed by atoms with Crippen molar-refractivity contribution < 1.29 is 4.74 Å². The highest BCUT2D eigenvalue weighted by molar-refractivity contribution is 5.79. The molecule has 1 aromatic carbocycles. The normalized spacial score (nSPS) is 11.3. The molecule has 23 heavy (non-hydrogen) atoms. The van der Waals surface area contributed by atoms with E-state index in [1.165, 1.54) is 5.56 Å². The third-order valence-electron chi connectivity index (χ3n) is 3.52. The Morgan fingerprint density at radius 2 is 1.91 bits per heavy atom. The van der Waals surface area contributed by atoms with E-state index < -0.39 is 0 Å². The molecule has 2 N–H and O–H groups in total. The first-order valence-electron chi connectivity index (χ1n) is 8.08. The quantitative estimate of drug-likeness (QED) is 0.581. The number of ether oxygens (including phenoxy) is 1. The van der Waals surface area contributed by atoms with E-state index in [9.17, 15) is 0 Å². The maximum atomic E-state index is 5.37. The van der Waals surface area contributed by atoms with Crippen LogP contribution >= 0.6 is 0 Å². The summed E-state index contributed by atoms with van der Waals surface area (Å²) < 4.78 is 7.52. The number of rotatable bonds is 8. The van der Waals surface area contributed by atoms with E-state index in [-0.39, 0.29) is 0 Å². The molecule has 0 fully saturated rings. The van der Waals surface area contributed by atoms with Gasteiger partial charge in [-0.15, -0.1) is 0 Å². The molecule has 0 atom stereocenters. The molecule has 0 spiro atoms. The first-order valence-corrected chi connectivity index (χ1v) is 8.08. The van der Waals surface area contributed by atoms with Crippen LogP contribution in [0.5, 0.6) is 5.75 Å². The monoisotopic (exact) mass is 314 g/mol. The molecule has 0 saturated carbocycles. The van der Waals surface area contributed by atoms with Gasteiger partial charge in [0.2, 0.25) is 0 Å². The van der Waals surface area contributed by atoms with Crippen molar-refractivity contribution in [2.24, 2.45) is 4.99 Å². The summed E-state index contributed by atoms with van der Waals surface area (Å²) in [6.07, 6.45) is 4.99. The molecule has 0 saturated heterocycles. The van der Waals surface area contributed by atoms with Gasteiger partial charge in [-0.2, -0.15) is 0 Å². The van der Waals surface area contributed by atoms with Gasteiger partial charge >= 0.3 is 0 Å². The van der Waals surface area contributed by atoms with Gasteiger partial charge in [0.05, 0.1) is 7.11 Å². The maximum Gasteiger partial charge on any atom is 0.191 e. The summed E-state index contributed by atoms with van der Waals surface area (Å²) in [6.45, 7) is 5.41. The van der Waals surface area contributed by atoms with Gasteiger partial charge in [0.1, 0.15) is 5.75 Å². The number of aromatic nitrogens is 1. The molecule has 0 aliphatic heterocycles. The molecule has 2 rings (SSSR count). The summed E-state index contributed by atoms with van der Waals surface area (Å²) in [7, 11) is 1.70. The van der Waals surface area contributed by atoms with E-state index in [4.69, 9.17) is 4.74 Å². The fraction of sp³-hybridized carbons (Fsp3) is 0.389. The Labute approximate surface area is 138 Å². The molecule has 0 aliphatic rings. The summed E-state index contributed by atoms with van der Waals surface area (Å²) >= 11 is 0. The molecule has 5 heteroatoms. The second kappa shape index (κ2) is 9.56. The first kappa shape index (κ1) is 16.9. The van der Waals surface area contributed by atoms with Crippen molar-refractivity contribution in [2.75, 3.05) is 26.7 Å². The van der Waals surface area contributed by atoms with Crippen LogP contribution in [0.25, 0.3) is 0 Å². The number of para-hydroxylation sites is 1. The van der Waals surface area contributed by atoms with Crippen LogP contribution in [0, 0.1) is 0 Å². The van der Waals surface area contributed by atoms with Crippen molar-refractivity contribution in [1.82, 2.24) is 15.2 Å². The smallest absolute Gasteiger partial charge is 0.191 e. The topological polar surface area (TPSA) is 50.6 Å². The molecule has 1 heterocycles. The van der Waals surface area contributed by atoms with Crippen molar-refractivity contribution in [3.05, 3.63) is 54.4 Å². The predicted octanol–water partition coefficient (Wildman–Crippen LogP) is 2.29. The number of aliphatic imine (C=N–C) groups is 1. The Kier molecular flexibility index (Phi) is 7.04. The van der Waals surface area contributed by atoms with Crippen LogP contribution in [-0.4, -0.2) is 37.3 Å². The minimum atomic E-state index is 0.721. The molecule has 0 amide bonds. The van der Waals surface area contributed by atoms with Crippen LogP contribution in [-0.2, 0) is 13.0 Å². The van der Waals surface area contributed by atoms with Crippen molar-refractivity contribution in [3.63, 3.8) is 0 Å². The van der Waals surface area contributed by atoms with Crippen LogP contribution in [0.15, 0.2) is 53.8 Å². The third-order valence-corrected chi connectivity index (χ3v) is 3.52. The molecular weight excluding hydrogens is 288 g/mol. The maximum absolute atomic E-state index is 5.37. The van der Waals surface area contributed by atoms with Gasteiger partial charge < -0.3 is 19.9 Å². The first-order chi connectivity index (χ1) is 11.3. The number of methoxy groups -OCH3 is 1. The Morgan fingerprint density at radius 1 is 1.13 bits per heavy atom. The zero-order chi connectivity index (χ0) is 16.3. The summed E-state index contributed by atoms with van der Waals surface area (Å²) in [5.74, 6) is 1.78. The summed E-state index contributed by atoms with van der Waals surface area (Å²) in [5, 5.41) is 6.64. The Morgan fingerprint density at radius 3 is 2.65 bits per heavy atom. The molecule has 0 bridgehead atoms. The van der Waals surface area contributed by atoms with Gasteiger partial charge in [-0.1, -0.05) is 18.2 Å². The number of nitrogens with zero attached hydrogens (tertiary/aromatic N) is 2. The summed E-state index contributed by atoms with van der Waals surface area (Å²) in [4.78, 5) is 4.63. The van der Waals surface area contributed by atoms with Crippen LogP contribution in [0.3, 0.4) is 0 Å². The molecule has 0 aliphatic carbocycles. The fourth-order valence-electron chi connectivity index (χ4n) is 2.36. The molecule has 1 aromatic heterocycles. The average molecular weight is 314 g/mol.